The summed E-state index contributed by atoms with van der Waals surface area (Å²) in [7, 11) is 5.55. The van der Waals surface area contributed by atoms with E-state index in [2.05, 4.69) is 10.2 Å². The lowest BCUT2D eigenvalue weighted by atomic mass is 9.84. The number of nitrogens with one attached hydrogen (secondary N) is 1. The highest BCUT2D eigenvalue weighted by Crippen LogP contribution is 2.26. The number of carbonyl (C=O) groups excluding carboxylic acids is 1. The van der Waals surface area contributed by atoms with Crippen LogP contribution in [0.15, 0.2) is 0 Å². The molecule has 0 aliphatic heterocycles. The number of carbonyl (C=O) groups is 1. The van der Waals surface area contributed by atoms with E-state index in [1.165, 1.54) is 26.4 Å². The van der Waals surface area contributed by atoms with Crippen LogP contribution in [-0.4, -0.2) is 51.2 Å². The second-order valence-electron chi connectivity index (χ2n) is 5.16. The zero-order chi connectivity index (χ0) is 12.7. The summed E-state index contributed by atoms with van der Waals surface area (Å²) in [4.78, 5) is 13.9. The lowest BCUT2D eigenvalue weighted by Gasteiger charge is -2.29. The average Bonchev–Trinajstić information content (AvgIpc) is 2.34. The lowest BCUT2D eigenvalue weighted by Crippen LogP contribution is -2.46. The van der Waals surface area contributed by atoms with Crippen LogP contribution in [0.1, 0.15) is 32.1 Å². The molecular formula is C13H26N2O2. The van der Waals surface area contributed by atoms with E-state index in [-0.39, 0.29) is 12.0 Å². The number of nitrogens with zero attached hydrogens (tertiary/aromatic N) is 1. The van der Waals surface area contributed by atoms with Gasteiger partial charge in [-0.05, 0) is 32.9 Å². The maximum atomic E-state index is 11.8. The van der Waals surface area contributed by atoms with E-state index in [4.69, 9.17) is 4.74 Å². The van der Waals surface area contributed by atoms with Crippen LogP contribution in [0, 0.1) is 5.92 Å². The second kappa shape index (κ2) is 7.67. The molecule has 4 nitrogen and oxygen atoms in total. The molecule has 0 amide bonds. The molecule has 0 saturated heterocycles. The first-order valence-corrected chi connectivity index (χ1v) is 6.61. The number of esters is 1. The molecule has 1 saturated carbocycles. The van der Waals surface area contributed by atoms with Gasteiger partial charge in [0.05, 0.1) is 7.11 Å². The number of methoxy groups -OCH3 is 1. The first kappa shape index (κ1) is 14.5. The Balaban J connectivity index is 2.44. The summed E-state index contributed by atoms with van der Waals surface area (Å²) in [5.74, 6) is 0.356. The maximum Gasteiger partial charge on any atom is 0.323 e. The van der Waals surface area contributed by atoms with Gasteiger partial charge in [-0.25, -0.2) is 0 Å². The molecule has 1 rings (SSSR count). The van der Waals surface area contributed by atoms with Crippen molar-refractivity contribution in [3.8, 4) is 0 Å². The van der Waals surface area contributed by atoms with E-state index >= 15 is 0 Å². The van der Waals surface area contributed by atoms with Gasteiger partial charge in [0.25, 0.3) is 0 Å². The number of likely N-dealkylation sites (N-methyl/N-ethyl adjacent to an activating group) is 1. The minimum atomic E-state index is -0.111. The van der Waals surface area contributed by atoms with Gasteiger partial charge in [0.15, 0.2) is 0 Å². The van der Waals surface area contributed by atoms with Gasteiger partial charge in [-0.1, -0.05) is 19.3 Å². The molecule has 100 valence electrons. The zero-order valence-corrected chi connectivity index (χ0v) is 11.4. The normalized spacial score (nSPS) is 19.3. The van der Waals surface area contributed by atoms with Gasteiger partial charge >= 0.3 is 5.97 Å². The summed E-state index contributed by atoms with van der Waals surface area (Å²) >= 11 is 0. The second-order valence-corrected chi connectivity index (χ2v) is 5.16. The summed E-state index contributed by atoms with van der Waals surface area (Å²) in [6, 6.07) is -0.111. The molecule has 17 heavy (non-hydrogen) atoms. The number of hydrogen-bond donors (Lipinski definition) is 1. The molecule has 0 bridgehead atoms. The van der Waals surface area contributed by atoms with E-state index in [1.54, 1.807) is 0 Å². The SMILES string of the molecule is COC(=O)C(NCCN(C)C)C1CCCCC1. The van der Waals surface area contributed by atoms with Crippen molar-refractivity contribution in [3.05, 3.63) is 0 Å². The third kappa shape index (κ3) is 5.04. The van der Waals surface area contributed by atoms with E-state index in [0.717, 1.165) is 25.9 Å². The van der Waals surface area contributed by atoms with Crippen LogP contribution in [0.4, 0.5) is 0 Å². The Kier molecular flexibility index (Phi) is 6.52. The summed E-state index contributed by atoms with van der Waals surface area (Å²) in [5.41, 5.74) is 0. The van der Waals surface area contributed by atoms with Crippen LogP contribution in [0.2, 0.25) is 0 Å². The topological polar surface area (TPSA) is 41.6 Å². The molecule has 1 fully saturated rings. The number of hydrogen-bond acceptors (Lipinski definition) is 4. The van der Waals surface area contributed by atoms with Crippen molar-refractivity contribution < 1.29 is 9.53 Å². The van der Waals surface area contributed by atoms with Gasteiger partial charge in [-0.2, -0.15) is 0 Å². The molecule has 1 N–H and O–H groups in total. The molecule has 4 heteroatoms. The lowest BCUT2D eigenvalue weighted by molar-refractivity contribution is -0.145. The van der Waals surface area contributed by atoms with Crippen molar-refractivity contribution in [2.75, 3.05) is 34.3 Å². The van der Waals surface area contributed by atoms with Gasteiger partial charge in [0.1, 0.15) is 6.04 Å². The fourth-order valence-electron chi connectivity index (χ4n) is 2.48. The fourth-order valence-corrected chi connectivity index (χ4v) is 2.48. The minimum absolute atomic E-state index is 0.101. The Morgan fingerprint density at radius 1 is 1.35 bits per heavy atom. The highest BCUT2D eigenvalue weighted by molar-refractivity contribution is 5.76. The van der Waals surface area contributed by atoms with E-state index in [1.807, 2.05) is 14.1 Å². The smallest absolute Gasteiger partial charge is 0.323 e. The number of ether oxygens (including phenoxy) is 1. The van der Waals surface area contributed by atoms with Crippen molar-refractivity contribution in [1.29, 1.82) is 0 Å². The largest absolute Gasteiger partial charge is 0.468 e. The van der Waals surface area contributed by atoms with E-state index in [0.29, 0.717) is 5.92 Å². The van der Waals surface area contributed by atoms with Crippen molar-refractivity contribution in [1.82, 2.24) is 10.2 Å². The molecule has 1 aliphatic carbocycles. The van der Waals surface area contributed by atoms with Crippen LogP contribution in [0.5, 0.6) is 0 Å². The van der Waals surface area contributed by atoms with Gasteiger partial charge < -0.3 is 15.0 Å². The zero-order valence-electron chi connectivity index (χ0n) is 11.4. The predicted molar refractivity (Wildman–Crippen MR) is 68.9 cm³/mol. The van der Waals surface area contributed by atoms with Gasteiger partial charge in [0, 0.05) is 13.1 Å². The predicted octanol–water partition coefficient (Wildman–Crippen LogP) is 1.26. The van der Waals surface area contributed by atoms with Gasteiger partial charge in [-0.3, -0.25) is 4.79 Å². The summed E-state index contributed by atoms with van der Waals surface area (Å²) < 4.78 is 4.91. The van der Waals surface area contributed by atoms with Gasteiger partial charge in [-0.15, -0.1) is 0 Å². The van der Waals surface area contributed by atoms with Crippen LogP contribution < -0.4 is 5.32 Å². The molecule has 1 atom stereocenters. The van der Waals surface area contributed by atoms with Crippen LogP contribution in [0.25, 0.3) is 0 Å². The third-order valence-electron chi connectivity index (χ3n) is 3.50. The fraction of sp³-hybridized carbons (Fsp3) is 0.923. The van der Waals surface area contributed by atoms with Crippen LogP contribution in [0.3, 0.4) is 0 Å². The average molecular weight is 242 g/mol. The number of rotatable bonds is 6. The van der Waals surface area contributed by atoms with Crippen LogP contribution >= 0.6 is 0 Å². The summed E-state index contributed by atoms with van der Waals surface area (Å²) in [6.07, 6.45) is 6.09. The Morgan fingerprint density at radius 3 is 2.53 bits per heavy atom. The highest BCUT2D eigenvalue weighted by atomic mass is 16.5. The highest BCUT2D eigenvalue weighted by Gasteiger charge is 2.29. The van der Waals surface area contributed by atoms with Crippen molar-refractivity contribution in [3.63, 3.8) is 0 Å². The molecule has 1 aliphatic rings. The molecular weight excluding hydrogens is 216 g/mol. The van der Waals surface area contributed by atoms with Crippen molar-refractivity contribution >= 4 is 5.97 Å². The molecule has 0 spiro atoms. The van der Waals surface area contributed by atoms with E-state index in [9.17, 15) is 4.79 Å². The van der Waals surface area contributed by atoms with Crippen LogP contribution in [-0.2, 0) is 9.53 Å². The maximum absolute atomic E-state index is 11.8. The molecule has 0 aromatic carbocycles. The Labute approximate surface area is 105 Å². The Hall–Kier alpha value is -0.610. The van der Waals surface area contributed by atoms with Crippen molar-refractivity contribution in [2.45, 2.75) is 38.1 Å². The Morgan fingerprint density at radius 2 is 2.00 bits per heavy atom. The van der Waals surface area contributed by atoms with E-state index < -0.39 is 0 Å². The first-order chi connectivity index (χ1) is 8.15. The summed E-state index contributed by atoms with van der Waals surface area (Å²) in [6.45, 7) is 1.78. The molecule has 0 radical (unpaired) electrons. The minimum Gasteiger partial charge on any atom is -0.468 e. The quantitative estimate of drug-likeness (QED) is 0.712. The summed E-state index contributed by atoms with van der Waals surface area (Å²) in [5, 5.41) is 3.36. The molecule has 0 aromatic rings. The molecule has 0 aromatic heterocycles. The Bertz CT molecular complexity index is 225. The standard InChI is InChI=1S/C13H26N2O2/c1-15(2)10-9-14-12(13(16)17-3)11-7-5-4-6-8-11/h11-12,14H,4-10H2,1-3H3. The van der Waals surface area contributed by atoms with Crippen molar-refractivity contribution in [2.24, 2.45) is 5.92 Å². The monoisotopic (exact) mass is 242 g/mol. The third-order valence-corrected chi connectivity index (χ3v) is 3.50. The molecule has 1 unspecified atom stereocenters. The first-order valence-electron chi connectivity index (χ1n) is 6.61. The van der Waals surface area contributed by atoms with Gasteiger partial charge in [0.2, 0.25) is 0 Å². The molecule has 0 heterocycles.